The molecule has 0 spiro atoms. The van der Waals surface area contributed by atoms with Crippen LogP contribution in [0.4, 0.5) is 0 Å². The minimum Gasteiger partial charge on any atom is -0.309 e. The molecule has 0 aliphatic carbocycles. The van der Waals surface area contributed by atoms with Gasteiger partial charge in [0.25, 0.3) is 0 Å². The van der Waals surface area contributed by atoms with E-state index in [9.17, 15) is 0 Å². The fraction of sp³-hybridized carbons (Fsp3) is 0. The molecule has 57 heavy (non-hydrogen) atoms. The molecule has 13 aromatic rings. The van der Waals surface area contributed by atoms with Gasteiger partial charge in [0.05, 0.1) is 33.3 Å². The maximum Gasteiger partial charge on any atom is 0.165 e. The number of hydrogen-bond acceptors (Lipinski definition) is 4. The molecule has 0 amide bonds. The fourth-order valence-corrected chi connectivity index (χ4v) is 10.6. The monoisotopic (exact) mass is 743 g/mol. The summed E-state index contributed by atoms with van der Waals surface area (Å²) in [6.45, 7) is 0. The van der Waals surface area contributed by atoms with Crippen molar-refractivity contribution in [3.8, 4) is 39.9 Å². The van der Waals surface area contributed by atoms with Gasteiger partial charge in [0.2, 0.25) is 0 Å². The van der Waals surface area contributed by atoms with E-state index in [0.717, 1.165) is 27.1 Å². The van der Waals surface area contributed by atoms with Crippen LogP contribution in [0, 0.1) is 0 Å². The SMILES string of the molecule is c1ccc(-c2nc(-c3ccccc3)nc(-c3ccc(-n4c5ccccc5c5c6c7ccccc7n7c8ccccc8c(cc54)c67)c4c3sc3ccccc34)n2)cc1. The zero-order chi connectivity index (χ0) is 37.2. The molecule has 0 atom stereocenters. The molecule has 0 fully saturated rings. The van der Waals surface area contributed by atoms with Crippen LogP contribution >= 0.6 is 11.3 Å². The van der Waals surface area contributed by atoms with E-state index in [1.165, 1.54) is 75.4 Å². The molecule has 8 aromatic carbocycles. The third-order valence-corrected chi connectivity index (χ3v) is 12.9. The first kappa shape index (κ1) is 30.9. The lowest BCUT2D eigenvalue weighted by Gasteiger charge is -2.14. The van der Waals surface area contributed by atoms with Gasteiger partial charge in [-0.15, -0.1) is 11.3 Å². The smallest absolute Gasteiger partial charge is 0.165 e. The second kappa shape index (κ2) is 11.6. The highest BCUT2D eigenvalue weighted by Crippen LogP contribution is 2.49. The lowest BCUT2D eigenvalue weighted by atomic mass is 10.0. The third-order valence-electron chi connectivity index (χ3n) is 11.7. The number of fused-ring (bicyclic) bond motifs is 13. The topological polar surface area (TPSA) is 48.0 Å². The van der Waals surface area contributed by atoms with Gasteiger partial charge >= 0.3 is 0 Å². The van der Waals surface area contributed by atoms with Crippen LogP contribution in [-0.2, 0) is 0 Å². The molecule has 6 heteroatoms. The van der Waals surface area contributed by atoms with Crippen LogP contribution in [0.15, 0.2) is 176 Å². The number of para-hydroxylation sites is 3. The molecule has 0 radical (unpaired) electrons. The Labute approximate surface area is 329 Å². The van der Waals surface area contributed by atoms with Crippen molar-refractivity contribution in [1.29, 1.82) is 0 Å². The van der Waals surface area contributed by atoms with E-state index in [1.807, 2.05) is 36.4 Å². The second-order valence-electron chi connectivity index (χ2n) is 14.7. The molecule has 0 saturated carbocycles. The van der Waals surface area contributed by atoms with Crippen molar-refractivity contribution in [2.75, 3.05) is 0 Å². The molecule has 5 heterocycles. The maximum atomic E-state index is 5.19. The zero-order valence-electron chi connectivity index (χ0n) is 30.4. The van der Waals surface area contributed by atoms with E-state index in [1.54, 1.807) is 11.3 Å². The summed E-state index contributed by atoms with van der Waals surface area (Å²) in [5.74, 6) is 1.97. The van der Waals surface area contributed by atoms with Crippen LogP contribution in [-0.4, -0.2) is 23.9 Å². The van der Waals surface area contributed by atoms with E-state index < -0.39 is 0 Å². The molecule has 0 bridgehead atoms. The fourth-order valence-electron chi connectivity index (χ4n) is 9.33. The van der Waals surface area contributed by atoms with E-state index in [2.05, 4.69) is 148 Å². The van der Waals surface area contributed by atoms with E-state index in [-0.39, 0.29) is 0 Å². The Kier molecular flexibility index (Phi) is 6.26. The maximum absolute atomic E-state index is 5.19. The first-order chi connectivity index (χ1) is 28.3. The van der Waals surface area contributed by atoms with Crippen LogP contribution in [0.25, 0.3) is 120 Å². The van der Waals surface area contributed by atoms with Crippen LogP contribution in [0.2, 0.25) is 0 Å². The Balaban J connectivity index is 1.17. The minimum absolute atomic E-state index is 0.654. The first-order valence-corrected chi connectivity index (χ1v) is 20.0. The van der Waals surface area contributed by atoms with Crippen molar-refractivity contribution >= 4 is 91.4 Å². The average Bonchev–Trinajstić information content (AvgIpc) is 4.02. The Bertz CT molecular complexity index is 3690. The lowest BCUT2D eigenvalue weighted by Crippen LogP contribution is -2.01. The molecule has 0 unspecified atom stereocenters. The molecular formula is C51H29N5S. The molecule has 0 aliphatic heterocycles. The van der Waals surface area contributed by atoms with Gasteiger partial charge < -0.3 is 8.97 Å². The van der Waals surface area contributed by atoms with Crippen molar-refractivity contribution in [2.24, 2.45) is 0 Å². The van der Waals surface area contributed by atoms with Gasteiger partial charge in [-0.25, -0.2) is 15.0 Å². The van der Waals surface area contributed by atoms with Gasteiger partial charge in [0, 0.05) is 69.2 Å². The highest BCUT2D eigenvalue weighted by molar-refractivity contribution is 7.26. The van der Waals surface area contributed by atoms with E-state index in [4.69, 9.17) is 15.0 Å². The highest BCUT2D eigenvalue weighted by atomic mass is 32.1. The molecule has 0 aliphatic rings. The summed E-state index contributed by atoms with van der Waals surface area (Å²) in [5.41, 5.74) is 10.2. The van der Waals surface area contributed by atoms with E-state index >= 15 is 0 Å². The van der Waals surface area contributed by atoms with Crippen molar-refractivity contribution in [2.45, 2.75) is 0 Å². The predicted octanol–water partition coefficient (Wildman–Crippen LogP) is 13.5. The Morgan fingerprint density at radius 1 is 0.386 bits per heavy atom. The van der Waals surface area contributed by atoms with Gasteiger partial charge in [-0.05, 0) is 42.5 Å². The number of hydrogen-bond donors (Lipinski definition) is 0. The van der Waals surface area contributed by atoms with Gasteiger partial charge in [0.1, 0.15) is 0 Å². The van der Waals surface area contributed by atoms with Crippen molar-refractivity contribution in [3.63, 3.8) is 0 Å². The summed E-state index contributed by atoms with van der Waals surface area (Å²) in [5, 5.41) is 10.0. The van der Waals surface area contributed by atoms with Crippen LogP contribution < -0.4 is 0 Å². The zero-order valence-corrected chi connectivity index (χ0v) is 31.2. The standard InChI is InChI=1S/C51H29N5S/c1-3-15-30(16-4-1)49-52-50(31-17-5-2-6-18-31)54-51(53-49)36-27-28-41(45-35-22-10-14-26-43(35)57-48(36)45)55-39-24-12-8-20-33(39)44-42(55)29-37-32-19-7-11-23-38(32)56-40-25-13-9-21-34(40)46(44)47(37)56/h1-29H. The highest BCUT2D eigenvalue weighted by Gasteiger charge is 2.26. The van der Waals surface area contributed by atoms with Gasteiger partial charge in [-0.3, -0.25) is 0 Å². The lowest BCUT2D eigenvalue weighted by molar-refractivity contribution is 1.08. The van der Waals surface area contributed by atoms with E-state index in [0.29, 0.717) is 17.5 Å². The summed E-state index contributed by atoms with van der Waals surface area (Å²) < 4.78 is 7.36. The van der Waals surface area contributed by atoms with Gasteiger partial charge in [-0.2, -0.15) is 0 Å². The molecule has 5 aromatic heterocycles. The molecule has 264 valence electrons. The minimum atomic E-state index is 0.654. The van der Waals surface area contributed by atoms with Crippen molar-refractivity contribution in [3.05, 3.63) is 176 Å². The predicted molar refractivity (Wildman–Crippen MR) is 238 cm³/mol. The second-order valence-corrected chi connectivity index (χ2v) is 15.8. The Morgan fingerprint density at radius 2 is 0.930 bits per heavy atom. The number of thiophene rings is 1. The number of rotatable bonds is 4. The molecule has 13 rings (SSSR count). The summed E-state index contributed by atoms with van der Waals surface area (Å²) in [6, 6.07) is 62.8. The Morgan fingerprint density at radius 3 is 1.63 bits per heavy atom. The van der Waals surface area contributed by atoms with Crippen LogP contribution in [0.5, 0.6) is 0 Å². The summed E-state index contributed by atoms with van der Waals surface area (Å²) >= 11 is 1.80. The van der Waals surface area contributed by atoms with Crippen LogP contribution in [0.1, 0.15) is 0 Å². The number of benzene rings is 8. The summed E-state index contributed by atoms with van der Waals surface area (Å²) in [7, 11) is 0. The summed E-state index contributed by atoms with van der Waals surface area (Å²) in [4.78, 5) is 15.4. The number of nitrogens with zero attached hydrogens (tertiary/aromatic N) is 5. The van der Waals surface area contributed by atoms with Crippen molar-refractivity contribution < 1.29 is 0 Å². The molecular weight excluding hydrogens is 715 g/mol. The van der Waals surface area contributed by atoms with Gasteiger partial charge in [-0.1, -0.05) is 133 Å². The van der Waals surface area contributed by atoms with Crippen LogP contribution in [0.3, 0.4) is 0 Å². The molecule has 0 saturated heterocycles. The average molecular weight is 744 g/mol. The molecule has 0 N–H and O–H groups in total. The first-order valence-electron chi connectivity index (χ1n) is 19.2. The largest absolute Gasteiger partial charge is 0.309 e. The van der Waals surface area contributed by atoms with Crippen molar-refractivity contribution in [1.82, 2.24) is 23.9 Å². The molecule has 5 nitrogen and oxygen atoms in total. The Hall–Kier alpha value is -7.41. The van der Waals surface area contributed by atoms with Gasteiger partial charge in [0.15, 0.2) is 17.5 Å². The third kappa shape index (κ3) is 4.25. The quantitative estimate of drug-likeness (QED) is 0.180. The summed E-state index contributed by atoms with van der Waals surface area (Å²) in [6.07, 6.45) is 0. The number of aromatic nitrogens is 5. The normalized spacial score (nSPS) is 12.2.